The molecule has 1 amide bonds. The lowest BCUT2D eigenvalue weighted by atomic mass is 9.66. The van der Waals surface area contributed by atoms with Gasteiger partial charge in [0.05, 0.1) is 10.9 Å². The molecule has 120 valence electrons. The van der Waals surface area contributed by atoms with E-state index in [4.69, 9.17) is 5.73 Å². The Hall–Kier alpha value is -2.21. The van der Waals surface area contributed by atoms with Crippen molar-refractivity contribution in [1.29, 1.82) is 0 Å². The molecular formula is C17H20N4O2. The minimum atomic E-state index is -0.178. The van der Waals surface area contributed by atoms with Crippen molar-refractivity contribution in [2.45, 2.75) is 32.2 Å². The molecule has 1 aliphatic carbocycles. The van der Waals surface area contributed by atoms with Crippen molar-refractivity contribution in [2.24, 2.45) is 11.1 Å². The van der Waals surface area contributed by atoms with Crippen LogP contribution in [-0.4, -0.2) is 39.9 Å². The Morgan fingerprint density at radius 3 is 2.87 bits per heavy atom. The van der Waals surface area contributed by atoms with Crippen LogP contribution < -0.4 is 11.3 Å². The summed E-state index contributed by atoms with van der Waals surface area (Å²) in [5.74, 6) is 0.523. The second-order valence-corrected chi connectivity index (χ2v) is 6.89. The monoisotopic (exact) mass is 312 g/mol. The molecule has 0 radical (unpaired) electrons. The van der Waals surface area contributed by atoms with Crippen molar-refractivity contribution in [2.75, 3.05) is 13.1 Å². The molecule has 1 aromatic carbocycles. The van der Waals surface area contributed by atoms with Gasteiger partial charge in [-0.3, -0.25) is 9.59 Å². The third-order valence-corrected chi connectivity index (χ3v) is 5.42. The summed E-state index contributed by atoms with van der Waals surface area (Å²) in [7, 11) is 0. The van der Waals surface area contributed by atoms with Crippen LogP contribution in [0.25, 0.3) is 10.9 Å². The van der Waals surface area contributed by atoms with Crippen molar-refractivity contribution < 1.29 is 4.79 Å². The van der Waals surface area contributed by atoms with Crippen molar-refractivity contribution in [3.8, 4) is 0 Å². The summed E-state index contributed by atoms with van der Waals surface area (Å²) in [6.45, 7) is 3.08. The molecule has 2 heterocycles. The number of aromatic nitrogens is 2. The Morgan fingerprint density at radius 2 is 2.22 bits per heavy atom. The molecule has 1 unspecified atom stereocenters. The second kappa shape index (κ2) is 4.89. The molecule has 1 spiro atoms. The summed E-state index contributed by atoms with van der Waals surface area (Å²) in [5.41, 5.74) is 7.34. The third kappa shape index (κ3) is 2.16. The fraction of sp³-hybridized carbons (Fsp3) is 0.471. The minimum Gasteiger partial charge on any atom is -0.336 e. The van der Waals surface area contributed by atoms with Gasteiger partial charge in [-0.1, -0.05) is 6.42 Å². The highest BCUT2D eigenvalue weighted by molar-refractivity contribution is 5.97. The van der Waals surface area contributed by atoms with Gasteiger partial charge in [-0.25, -0.2) is 4.98 Å². The van der Waals surface area contributed by atoms with Crippen LogP contribution in [0.2, 0.25) is 0 Å². The summed E-state index contributed by atoms with van der Waals surface area (Å²) in [6, 6.07) is 5.15. The summed E-state index contributed by atoms with van der Waals surface area (Å²) >= 11 is 0. The molecule has 4 rings (SSSR count). The van der Waals surface area contributed by atoms with Gasteiger partial charge in [0, 0.05) is 30.1 Å². The molecule has 1 saturated heterocycles. The van der Waals surface area contributed by atoms with Crippen molar-refractivity contribution in [1.82, 2.24) is 14.9 Å². The number of benzene rings is 1. The summed E-state index contributed by atoms with van der Waals surface area (Å²) in [5, 5.41) is 0.501. The number of aryl methyl sites for hydroxylation is 1. The van der Waals surface area contributed by atoms with Crippen LogP contribution in [0.5, 0.6) is 0 Å². The van der Waals surface area contributed by atoms with Gasteiger partial charge < -0.3 is 15.6 Å². The molecule has 6 heteroatoms. The number of hydrogen-bond donors (Lipinski definition) is 2. The van der Waals surface area contributed by atoms with Crippen LogP contribution in [0, 0.1) is 12.3 Å². The fourth-order valence-corrected chi connectivity index (χ4v) is 3.88. The number of likely N-dealkylation sites (tertiary alicyclic amines) is 1. The van der Waals surface area contributed by atoms with Crippen LogP contribution in [0.1, 0.15) is 35.4 Å². The highest BCUT2D eigenvalue weighted by Gasteiger charge is 2.49. The fourth-order valence-electron chi connectivity index (χ4n) is 3.88. The molecule has 1 aliphatic heterocycles. The number of nitrogens with two attached hydrogens (primary N) is 1. The molecule has 0 bridgehead atoms. The van der Waals surface area contributed by atoms with Gasteiger partial charge in [0.25, 0.3) is 11.5 Å². The number of H-pyrrole nitrogens is 1. The number of nitrogens with zero attached hydrogens (tertiary/aromatic N) is 2. The topological polar surface area (TPSA) is 92.1 Å². The summed E-state index contributed by atoms with van der Waals surface area (Å²) in [4.78, 5) is 33.5. The average Bonchev–Trinajstić information content (AvgIpc) is 2.83. The van der Waals surface area contributed by atoms with Gasteiger partial charge in [-0.15, -0.1) is 0 Å². The smallest absolute Gasteiger partial charge is 0.258 e. The van der Waals surface area contributed by atoms with E-state index in [-0.39, 0.29) is 22.9 Å². The Bertz CT molecular complexity index is 853. The molecule has 1 saturated carbocycles. The number of amides is 1. The number of rotatable bonds is 1. The largest absolute Gasteiger partial charge is 0.336 e. The van der Waals surface area contributed by atoms with Crippen LogP contribution in [0.3, 0.4) is 0 Å². The maximum absolute atomic E-state index is 12.8. The Labute approximate surface area is 133 Å². The lowest BCUT2D eigenvalue weighted by Gasteiger charge is -2.41. The third-order valence-electron chi connectivity index (χ3n) is 5.42. The first-order valence-corrected chi connectivity index (χ1v) is 8.04. The predicted octanol–water partition coefficient (Wildman–Crippen LogP) is 1.18. The van der Waals surface area contributed by atoms with Crippen molar-refractivity contribution >= 4 is 16.8 Å². The van der Waals surface area contributed by atoms with E-state index in [9.17, 15) is 9.59 Å². The quantitative estimate of drug-likeness (QED) is 0.827. The van der Waals surface area contributed by atoms with Crippen molar-refractivity contribution in [3.05, 3.63) is 39.9 Å². The van der Waals surface area contributed by atoms with E-state index in [1.165, 1.54) is 6.42 Å². The zero-order valence-electron chi connectivity index (χ0n) is 13.1. The van der Waals surface area contributed by atoms with E-state index in [1.807, 2.05) is 4.90 Å². The lowest BCUT2D eigenvalue weighted by molar-refractivity contribution is 0.0727. The molecular weight excluding hydrogens is 292 g/mol. The van der Waals surface area contributed by atoms with E-state index >= 15 is 0 Å². The van der Waals surface area contributed by atoms with E-state index in [1.54, 1.807) is 25.1 Å². The van der Waals surface area contributed by atoms with Crippen LogP contribution >= 0.6 is 0 Å². The first-order valence-electron chi connectivity index (χ1n) is 8.04. The maximum atomic E-state index is 12.8. The normalized spacial score (nSPS) is 22.5. The molecule has 23 heavy (non-hydrogen) atoms. The number of nitrogens with one attached hydrogen (secondary N) is 1. The first-order chi connectivity index (χ1) is 11.0. The standard InChI is InChI=1S/C17H20N4O2/c1-10-19-13-7-11(3-4-12(13)15(22)20-10)16(23)21-8-14(18)17(9-21)5-2-6-17/h3-4,7,14H,2,5-6,8-9,18H2,1H3,(H,19,20,22). The van der Waals surface area contributed by atoms with E-state index in [0.29, 0.717) is 28.8 Å². The zero-order chi connectivity index (χ0) is 16.2. The highest BCUT2D eigenvalue weighted by atomic mass is 16.2. The van der Waals surface area contributed by atoms with Gasteiger partial charge in [-0.2, -0.15) is 0 Å². The maximum Gasteiger partial charge on any atom is 0.258 e. The van der Waals surface area contributed by atoms with Gasteiger partial charge in [0.2, 0.25) is 0 Å². The average molecular weight is 312 g/mol. The molecule has 1 atom stereocenters. The Morgan fingerprint density at radius 1 is 1.43 bits per heavy atom. The van der Waals surface area contributed by atoms with E-state index in [0.717, 1.165) is 19.4 Å². The van der Waals surface area contributed by atoms with Crippen LogP contribution in [0.4, 0.5) is 0 Å². The molecule has 2 fully saturated rings. The van der Waals surface area contributed by atoms with Gasteiger partial charge in [0.1, 0.15) is 5.82 Å². The number of carbonyl (C=O) groups is 1. The van der Waals surface area contributed by atoms with Gasteiger partial charge in [0.15, 0.2) is 0 Å². The molecule has 2 aromatic rings. The predicted molar refractivity (Wildman–Crippen MR) is 87.3 cm³/mol. The summed E-state index contributed by atoms with van der Waals surface area (Å²) in [6.07, 6.45) is 3.44. The second-order valence-electron chi connectivity index (χ2n) is 6.89. The minimum absolute atomic E-state index is 0.0224. The Balaban J connectivity index is 1.66. The SMILES string of the molecule is Cc1nc2cc(C(=O)N3CC(N)C4(CCC4)C3)ccc2c(=O)[nH]1. The van der Waals surface area contributed by atoms with Gasteiger partial charge >= 0.3 is 0 Å². The highest BCUT2D eigenvalue weighted by Crippen LogP contribution is 2.47. The number of hydrogen-bond acceptors (Lipinski definition) is 4. The first kappa shape index (κ1) is 14.4. The molecule has 6 nitrogen and oxygen atoms in total. The molecule has 2 aliphatic rings. The zero-order valence-corrected chi connectivity index (χ0v) is 13.1. The van der Waals surface area contributed by atoms with E-state index in [2.05, 4.69) is 9.97 Å². The summed E-state index contributed by atoms with van der Waals surface area (Å²) < 4.78 is 0. The number of carbonyl (C=O) groups excluding carboxylic acids is 1. The lowest BCUT2D eigenvalue weighted by Crippen LogP contribution is -2.45. The molecule has 1 aromatic heterocycles. The van der Waals surface area contributed by atoms with Gasteiger partial charge in [-0.05, 0) is 38.0 Å². The Kier molecular flexibility index (Phi) is 3.06. The molecule has 3 N–H and O–H groups in total. The number of aromatic amines is 1. The van der Waals surface area contributed by atoms with Crippen LogP contribution in [-0.2, 0) is 0 Å². The van der Waals surface area contributed by atoms with Crippen LogP contribution in [0.15, 0.2) is 23.0 Å². The van der Waals surface area contributed by atoms with E-state index < -0.39 is 0 Å². The van der Waals surface area contributed by atoms with Crippen molar-refractivity contribution in [3.63, 3.8) is 0 Å². The number of fused-ring (bicyclic) bond motifs is 1.